The van der Waals surface area contributed by atoms with Gasteiger partial charge in [-0.25, -0.2) is 13.1 Å². The van der Waals surface area contributed by atoms with Gasteiger partial charge in [-0.05, 0) is 25.7 Å². The standard InChI is InChI=1S/C10H22N4O2S/c1-3-11-10(13-8-9-4-5-9)12-6-7-14-17(2,15)16/h9,14H,3-8H2,1-2H3,(H2,11,12,13). The van der Waals surface area contributed by atoms with E-state index >= 15 is 0 Å². The zero-order valence-electron chi connectivity index (χ0n) is 10.5. The zero-order chi connectivity index (χ0) is 12.7. The highest BCUT2D eigenvalue weighted by Gasteiger charge is 2.20. The smallest absolute Gasteiger partial charge is 0.208 e. The average Bonchev–Trinajstić information content (AvgIpc) is 3.03. The van der Waals surface area contributed by atoms with E-state index in [1.54, 1.807) is 0 Å². The van der Waals surface area contributed by atoms with E-state index in [1.165, 1.54) is 12.8 Å². The summed E-state index contributed by atoms with van der Waals surface area (Å²) in [5.74, 6) is 1.51. The second kappa shape index (κ2) is 6.80. The molecule has 6 nitrogen and oxygen atoms in total. The van der Waals surface area contributed by atoms with Gasteiger partial charge < -0.3 is 10.6 Å². The quantitative estimate of drug-likeness (QED) is 0.328. The second-order valence-electron chi connectivity index (χ2n) is 4.26. The molecule has 3 N–H and O–H groups in total. The lowest BCUT2D eigenvalue weighted by molar-refractivity contribution is 0.586. The van der Waals surface area contributed by atoms with Crippen molar-refractivity contribution in [2.45, 2.75) is 19.8 Å². The highest BCUT2D eigenvalue weighted by atomic mass is 32.2. The van der Waals surface area contributed by atoms with Gasteiger partial charge in [-0.1, -0.05) is 0 Å². The summed E-state index contributed by atoms with van der Waals surface area (Å²) in [6.45, 7) is 4.56. The van der Waals surface area contributed by atoms with Crippen molar-refractivity contribution < 1.29 is 8.42 Å². The van der Waals surface area contributed by atoms with Crippen LogP contribution in [0, 0.1) is 5.92 Å². The number of sulfonamides is 1. The minimum absolute atomic E-state index is 0.368. The fraction of sp³-hybridized carbons (Fsp3) is 0.900. The lowest BCUT2D eigenvalue weighted by Gasteiger charge is -2.11. The van der Waals surface area contributed by atoms with Crippen molar-refractivity contribution in [1.82, 2.24) is 15.4 Å². The molecule has 0 radical (unpaired) electrons. The number of aliphatic imine (C=N–C) groups is 1. The van der Waals surface area contributed by atoms with Crippen LogP contribution >= 0.6 is 0 Å². The number of guanidine groups is 1. The normalized spacial score (nSPS) is 16.9. The van der Waals surface area contributed by atoms with E-state index in [4.69, 9.17) is 0 Å². The van der Waals surface area contributed by atoms with Crippen molar-refractivity contribution in [3.05, 3.63) is 0 Å². The summed E-state index contributed by atoms with van der Waals surface area (Å²) in [7, 11) is -3.10. The Morgan fingerprint density at radius 3 is 2.53 bits per heavy atom. The van der Waals surface area contributed by atoms with Crippen molar-refractivity contribution in [2.75, 3.05) is 32.4 Å². The first-order chi connectivity index (χ1) is 8.01. The molecule has 0 atom stereocenters. The molecule has 17 heavy (non-hydrogen) atoms. The summed E-state index contributed by atoms with van der Waals surface area (Å²) in [5, 5.41) is 6.21. The van der Waals surface area contributed by atoms with Crippen LogP contribution in [-0.4, -0.2) is 46.8 Å². The molecule has 7 heteroatoms. The lowest BCUT2D eigenvalue weighted by Crippen LogP contribution is -2.41. The van der Waals surface area contributed by atoms with E-state index in [1.807, 2.05) is 6.92 Å². The Kier molecular flexibility index (Phi) is 5.70. The largest absolute Gasteiger partial charge is 0.357 e. The Bertz CT molecular complexity index is 349. The summed E-state index contributed by atoms with van der Waals surface area (Å²) in [5.41, 5.74) is 0. The third kappa shape index (κ3) is 7.98. The topological polar surface area (TPSA) is 82.6 Å². The number of hydrogen-bond donors (Lipinski definition) is 3. The number of nitrogens with zero attached hydrogens (tertiary/aromatic N) is 1. The molecule has 0 aromatic carbocycles. The van der Waals surface area contributed by atoms with Crippen molar-refractivity contribution in [2.24, 2.45) is 10.9 Å². The number of nitrogens with one attached hydrogen (secondary N) is 3. The molecule has 0 bridgehead atoms. The van der Waals surface area contributed by atoms with Crippen LogP contribution in [0.5, 0.6) is 0 Å². The van der Waals surface area contributed by atoms with E-state index in [0.29, 0.717) is 13.1 Å². The van der Waals surface area contributed by atoms with Gasteiger partial charge in [0, 0.05) is 26.2 Å². The molecule has 1 saturated carbocycles. The molecule has 0 heterocycles. The summed E-state index contributed by atoms with van der Waals surface area (Å²) in [6, 6.07) is 0. The van der Waals surface area contributed by atoms with Crippen molar-refractivity contribution in [3.8, 4) is 0 Å². The minimum Gasteiger partial charge on any atom is -0.357 e. The van der Waals surface area contributed by atoms with Gasteiger partial charge in [0.15, 0.2) is 5.96 Å². The van der Waals surface area contributed by atoms with Gasteiger partial charge in [-0.3, -0.25) is 4.99 Å². The number of rotatable bonds is 7. The molecular formula is C10H22N4O2S. The highest BCUT2D eigenvalue weighted by Crippen LogP contribution is 2.28. The van der Waals surface area contributed by atoms with Crippen molar-refractivity contribution in [3.63, 3.8) is 0 Å². The maximum Gasteiger partial charge on any atom is 0.208 e. The van der Waals surface area contributed by atoms with Gasteiger partial charge in [0.2, 0.25) is 10.0 Å². The lowest BCUT2D eigenvalue weighted by atomic mass is 10.4. The van der Waals surface area contributed by atoms with Crippen LogP contribution in [-0.2, 0) is 10.0 Å². The van der Waals surface area contributed by atoms with E-state index in [2.05, 4.69) is 20.3 Å². The van der Waals surface area contributed by atoms with Gasteiger partial charge in [-0.15, -0.1) is 0 Å². The summed E-state index contributed by atoms with van der Waals surface area (Å²) in [6.07, 6.45) is 3.70. The molecular weight excluding hydrogens is 240 g/mol. The van der Waals surface area contributed by atoms with Crippen LogP contribution in [0.15, 0.2) is 4.99 Å². The first-order valence-corrected chi connectivity index (χ1v) is 7.87. The van der Waals surface area contributed by atoms with Crippen LogP contribution < -0.4 is 15.4 Å². The van der Waals surface area contributed by atoms with Gasteiger partial charge in [-0.2, -0.15) is 0 Å². The molecule has 0 aromatic rings. The van der Waals surface area contributed by atoms with E-state index in [0.717, 1.165) is 31.2 Å². The first-order valence-electron chi connectivity index (χ1n) is 5.98. The highest BCUT2D eigenvalue weighted by molar-refractivity contribution is 7.88. The van der Waals surface area contributed by atoms with Crippen molar-refractivity contribution >= 4 is 16.0 Å². The SMILES string of the molecule is CCNC(=NCC1CC1)NCCNS(C)(=O)=O. The van der Waals surface area contributed by atoms with Gasteiger partial charge in [0.05, 0.1) is 6.26 Å². The summed E-state index contributed by atoms with van der Waals surface area (Å²) in [4.78, 5) is 4.43. The molecule has 1 fully saturated rings. The Hall–Kier alpha value is -0.820. The predicted molar refractivity (Wildman–Crippen MR) is 69.6 cm³/mol. The van der Waals surface area contributed by atoms with Gasteiger partial charge in [0.25, 0.3) is 0 Å². The molecule has 0 aromatic heterocycles. The van der Waals surface area contributed by atoms with E-state index in [9.17, 15) is 8.42 Å². The molecule has 0 aliphatic heterocycles. The third-order valence-electron chi connectivity index (χ3n) is 2.33. The van der Waals surface area contributed by atoms with Crippen molar-refractivity contribution in [1.29, 1.82) is 0 Å². The van der Waals surface area contributed by atoms with Gasteiger partial charge in [0.1, 0.15) is 0 Å². The number of hydrogen-bond acceptors (Lipinski definition) is 3. The Morgan fingerprint density at radius 2 is 2.00 bits per heavy atom. The van der Waals surface area contributed by atoms with Crippen LogP contribution in [0.25, 0.3) is 0 Å². The molecule has 1 rings (SSSR count). The molecule has 0 saturated heterocycles. The summed E-state index contributed by atoms with van der Waals surface area (Å²) >= 11 is 0. The average molecular weight is 262 g/mol. The Morgan fingerprint density at radius 1 is 1.29 bits per heavy atom. The predicted octanol–water partition coefficient (Wildman–Crippen LogP) is -0.499. The van der Waals surface area contributed by atoms with Crippen LogP contribution in [0.2, 0.25) is 0 Å². The third-order valence-corrected chi connectivity index (χ3v) is 3.06. The zero-order valence-corrected chi connectivity index (χ0v) is 11.3. The molecule has 0 amide bonds. The fourth-order valence-electron chi connectivity index (χ4n) is 1.28. The summed E-state index contributed by atoms with van der Waals surface area (Å²) < 4.78 is 24.1. The maximum atomic E-state index is 10.8. The van der Waals surface area contributed by atoms with Crippen LogP contribution in [0.1, 0.15) is 19.8 Å². The molecule has 1 aliphatic carbocycles. The maximum absolute atomic E-state index is 10.8. The van der Waals surface area contributed by atoms with E-state index in [-0.39, 0.29) is 0 Å². The van der Waals surface area contributed by atoms with Crippen LogP contribution in [0.3, 0.4) is 0 Å². The molecule has 0 spiro atoms. The Balaban J connectivity index is 2.21. The second-order valence-corrected chi connectivity index (χ2v) is 6.09. The molecule has 1 aliphatic rings. The monoisotopic (exact) mass is 262 g/mol. The van der Waals surface area contributed by atoms with Gasteiger partial charge >= 0.3 is 0 Å². The molecule has 100 valence electrons. The Labute approximate surface area is 103 Å². The van der Waals surface area contributed by atoms with Crippen LogP contribution in [0.4, 0.5) is 0 Å². The van der Waals surface area contributed by atoms with E-state index < -0.39 is 10.0 Å². The fourth-order valence-corrected chi connectivity index (χ4v) is 1.75. The first kappa shape index (κ1) is 14.2. The molecule has 0 unspecified atom stereocenters. The minimum atomic E-state index is -3.10.